The molecule has 2 nitrogen and oxygen atoms in total. The van der Waals surface area contributed by atoms with Crippen molar-refractivity contribution < 1.29 is 4.74 Å². The quantitative estimate of drug-likeness (QED) is 0.759. The lowest BCUT2D eigenvalue weighted by Crippen LogP contribution is -1.86. The van der Waals surface area contributed by atoms with E-state index in [0.717, 1.165) is 11.5 Å². The van der Waals surface area contributed by atoms with Gasteiger partial charge in [0.15, 0.2) is 5.75 Å². The standard InChI is InChI=1S/C11H8BrNO/c12-11-10(7-4-8-13-11)14-9-5-2-1-3-6-9/h1-8H. The summed E-state index contributed by atoms with van der Waals surface area (Å²) in [6.07, 6.45) is 1.71. The number of rotatable bonds is 2. The first-order valence-corrected chi connectivity index (χ1v) is 4.99. The van der Waals surface area contributed by atoms with Gasteiger partial charge in [0.25, 0.3) is 0 Å². The molecule has 0 unspecified atom stereocenters. The van der Waals surface area contributed by atoms with Crippen molar-refractivity contribution >= 4 is 15.9 Å². The fourth-order valence-electron chi connectivity index (χ4n) is 1.06. The zero-order chi connectivity index (χ0) is 9.80. The smallest absolute Gasteiger partial charge is 0.160 e. The maximum Gasteiger partial charge on any atom is 0.160 e. The minimum absolute atomic E-state index is 0.712. The third-order valence-electron chi connectivity index (χ3n) is 1.70. The number of hydrogen-bond donors (Lipinski definition) is 0. The van der Waals surface area contributed by atoms with Crippen LogP contribution in [0.25, 0.3) is 0 Å². The third-order valence-corrected chi connectivity index (χ3v) is 2.29. The second kappa shape index (κ2) is 4.24. The van der Waals surface area contributed by atoms with Crippen molar-refractivity contribution in [3.63, 3.8) is 0 Å². The van der Waals surface area contributed by atoms with Crippen molar-refractivity contribution in [2.24, 2.45) is 0 Å². The summed E-state index contributed by atoms with van der Waals surface area (Å²) in [6, 6.07) is 13.3. The van der Waals surface area contributed by atoms with E-state index in [0.29, 0.717) is 4.60 Å². The molecule has 1 heterocycles. The Bertz CT molecular complexity index is 417. The summed E-state index contributed by atoms with van der Waals surface area (Å²) >= 11 is 3.32. The van der Waals surface area contributed by atoms with Crippen LogP contribution in [0.5, 0.6) is 11.5 Å². The molecule has 0 fully saturated rings. The van der Waals surface area contributed by atoms with Gasteiger partial charge in [0, 0.05) is 6.20 Å². The number of aromatic nitrogens is 1. The van der Waals surface area contributed by atoms with Crippen LogP contribution in [0.4, 0.5) is 0 Å². The Kier molecular flexibility index (Phi) is 2.79. The molecule has 2 rings (SSSR count). The highest BCUT2D eigenvalue weighted by atomic mass is 79.9. The molecule has 0 bridgehead atoms. The lowest BCUT2D eigenvalue weighted by atomic mass is 10.3. The molecule has 1 aromatic carbocycles. The molecular formula is C11H8BrNO. The van der Waals surface area contributed by atoms with Crippen molar-refractivity contribution in [3.05, 3.63) is 53.3 Å². The predicted molar refractivity (Wildman–Crippen MR) is 58.5 cm³/mol. The Hall–Kier alpha value is -1.35. The van der Waals surface area contributed by atoms with Gasteiger partial charge in [-0.1, -0.05) is 18.2 Å². The molecular weight excluding hydrogens is 242 g/mol. The van der Waals surface area contributed by atoms with Gasteiger partial charge in [-0.3, -0.25) is 0 Å². The molecule has 0 saturated heterocycles. The van der Waals surface area contributed by atoms with Crippen LogP contribution in [0, 0.1) is 0 Å². The van der Waals surface area contributed by atoms with Crippen LogP contribution in [-0.4, -0.2) is 4.98 Å². The SMILES string of the molecule is Brc1ncccc1Oc1ccccc1. The molecule has 14 heavy (non-hydrogen) atoms. The van der Waals surface area contributed by atoms with Crippen LogP contribution >= 0.6 is 15.9 Å². The summed E-state index contributed by atoms with van der Waals surface area (Å²) in [5.41, 5.74) is 0. The summed E-state index contributed by atoms with van der Waals surface area (Å²) < 4.78 is 6.31. The second-order valence-corrected chi connectivity index (χ2v) is 3.46. The van der Waals surface area contributed by atoms with E-state index in [1.165, 1.54) is 0 Å². The minimum atomic E-state index is 0.712. The van der Waals surface area contributed by atoms with Crippen LogP contribution in [0.2, 0.25) is 0 Å². The van der Waals surface area contributed by atoms with Gasteiger partial charge in [-0.25, -0.2) is 4.98 Å². The average Bonchev–Trinajstić information content (AvgIpc) is 2.23. The van der Waals surface area contributed by atoms with Gasteiger partial charge in [-0.15, -0.1) is 0 Å². The van der Waals surface area contributed by atoms with E-state index >= 15 is 0 Å². The number of halogens is 1. The maximum absolute atomic E-state index is 5.60. The van der Waals surface area contributed by atoms with Crippen molar-refractivity contribution in [1.82, 2.24) is 4.98 Å². The summed E-state index contributed by atoms with van der Waals surface area (Å²) in [5.74, 6) is 1.53. The highest BCUT2D eigenvalue weighted by Crippen LogP contribution is 2.26. The van der Waals surface area contributed by atoms with E-state index in [2.05, 4.69) is 20.9 Å². The fraction of sp³-hybridized carbons (Fsp3) is 0. The summed E-state index contributed by atoms with van der Waals surface area (Å²) in [4.78, 5) is 4.07. The largest absolute Gasteiger partial charge is 0.455 e. The lowest BCUT2D eigenvalue weighted by Gasteiger charge is -2.05. The first-order chi connectivity index (χ1) is 6.86. The molecule has 0 N–H and O–H groups in total. The molecule has 0 saturated carbocycles. The van der Waals surface area contributed by atoms with E-state index in [1.807, 2.05) is 42.5 Å². The van der Waals surface area contributed by atoms with Gasteiger partial charge in [0.05, 0.1) is 0 Å². The Morgan fingerprint density at radius 1 is 1.00 bits per heavy atom. The van der Waals surface area contributed by atoms with Crippen LogP contribution in [0.1, 0.15) is 0 Å². The number of pyridine rings is 1. The van der Waals surface area contributed by atoms with Crippen LogP contribution in [0.15, 0.2) is 53.3 Å². The van der Waals surface area contributed by atoms with Crippen molar-refractivity contribution in [3.8, 4) is 11.5 Å². The molecule has 3 heteroatoms. The Morgan fingerprint density at radius 2 is 1.79 bits per heavy atom. The van der Waals surface area contributed by atoms with E-state index in [-0.39, 0.29) is 0 Å². The lowest BCUT2D eigenvalue weighted by molar-refractivity contribution is 0.476. The highest BCUT2D eigenvalue weighted by Gasteiger charge is 2.01. The number of nitrogens with zero attached hydrogens (tertiary/aromatic N) is 1. The van der Waals surface area contributed by atoms with Gasteiger partial charge in [-0.2, -0.15) is 0 Å². The first-order valence-electron chi connectivity index (χ1n) is 4.20. The number of hydrogen-bond acceptors (Lipinski definition) is 2. The average molecular weight is 250 g/mol. The van der Waals surface area contributed by atoms with Gasteiger partial charge in [0.1, 0.15) is 10.4 Å². The molecule has 0 spiro atoms. The van der Waals surface area contributed by atoms with Gasteiger partial charge < -0.3 is 4.74 Å². The van der Waals surface area contributed by atoms with Crippen LogP contribution in [-0.2, 0) is 0 Å². The van der Waals surface area contributed by atoms with Gasteiger partial charge in [-0.05, 0) is 40.2 Å². The number of ether oxygens (including phenoxy) is 1. The van der Waals surface area contributed by atoms with Crippen LogP contribution in [0.3, 0.4) is 0 Å². The van der Waals surface area contributed by atoms with Crippen LogP contribution < -0.4 is 4.74 Å². The second-order valence-electron chi connectivity index (χ2n) is 2.71. The normalized spacial score (nSPS) is 9.79. The van der Waals surface area contributed by atoms with E-state index in [4.69, 9.17) is 4.74 Å². The molecule has 0 atom stereocenters. The molecule has 2 aromatic rings. The summed E-state index contributed by atoms with van der Waals surface area (Å²) in [7, 11) is 0. The molecule has 70 valence electrons. The molecule has 0 radical (unpaired) electrons. The Labute approximate surface area is 90.7 Å². The Morgan fingerprint density at radius 3 is 2.50 bits per heavy atom. The predicted octanol–water partition coefficient (Wildman–Crippen LogP) is 3.64. The Balaban J connectivity index is 2.24. The monoisotopic (exact) mass is 249 g/mol. The van der Waals surface area contributed by atoms with E-state index in [9.17, 15) is 0 Å². The summed E-state index contributed by atoms with van der Waals surface area (Å²) in [5, 5.41) is 0. The van der Waals surface area contributed by atoms with Gasteiger partial charge >= 0.3 is 0 Å². The minimum Gasteiger partial charge on any atom is -0.455 e. The molecule has 1 aromatic heterocycles. The number of para-hydroxylation sites is 1. The molecule has 0 aliphatic rings. The first kappa shape index (κ1) is 9.21. The van der Waals surface area contributed by atoms with Crippen molar-refractivity contribution in [2.75, 3.05) is 0 Å². The number of benzene rings is 1. The molecule has 0 aliphatic heterocycles. The topological polar surface area (TPSA) is 22.1 Å². The summed E-state index contributed by atoms with van der Waals surface area (Å²) in [6.45, 7) is 0. The van der Waals surface area contributed by atoms with Crippen molar-refractivity contribution in [1.29, 1.82) is 0 Å². The zero-order valence-electron chi connectivity index (χ0n) is 7.35. The zero-order valence-corrected chi connectivity index (χ0v) is 8.94. The van der Waals surface area contributed by atoms with E-state index in [1.54, 1.807) is 6.20 Å². The maximum atomic E-state index is 5.60. The molecule has 0 aliphatic carbocycles. The fourth-order valence-corrected chi connectivity index (χ4v) is 1.39. The van der Waals surface area contributed by atoms with Gasteiger partial charge in [0.2, 0.25) is 0 Å². The third kappa shape index (κ3) is 2.12. The molecule has 0 amide bonds. The highest BCUT2D eigenvalue weighted by molar-refractivity contribution is 9.10. The van der Waals surface area contributed by atoms with Crippen molar-refractivity contribution in [2.45, 2.75) is 0 Å². The van der Waals surface area contributed by atoms with E-state index < -0.39 is 0 Å².